The maximum atomic E-state index is 15.6. The van der Waals surface area contributed by atoms with Gasteiger partial charge in [-0.15, -0.1) is 0 Å². The quantitative estimate of drug-likeness (QED) is 0.166. The first-order chi connectivity index (χ1) is 26.0. The van der Waals surface area contributed by atoms with E-state index in [0.717, 1.165) is 30.5 Å². The number of nitrogens with one attached hydrogen (secondary N) is 1. The number of halogens is 8. The molecule has 3 heterocycles. The minimum atomic E-state index is -4.99. The van der Waals surface area contributed by atoms with Gasteiger partial charge in [0, 0.05) is 37.9 Å². The summed E-state index contributed by atoms with van der Waals surface area (Å²) in [6, 6.07) is 4.61. The van der Waals surface area contributed by atoms with Gasteiger partial charge in [0.15, 0.2) is 11.6 Å². The number of carbonyl (C=O) groups excluding carboxylic acids is 2. The molecule has 1 saturated carbocycles. The molecule has 1 atom stereocenters. The largest absolute Gasteiger partial charge is 0.509 e. The molecule has 2 aromatic carbocycles. The molecule has 1 saturated heterocycles. The standard InChI is InChI=1S/C36H36F8N6O5/c1-48-34(10-4-11-34)31(51)28(32(52)47-24-8-7-21(35(39,40)41)15-23(24)25-16-27(36(42,43)44)46-19-45-25)33(53)50(48)17-20-6-9-26(30(38)29(20)37)55-18-22-5-3-12-49(22)13-14-54-2/h6-9,15-16,19,22,51H,3-5,10-14,17-18H2,1-2H3,(H,47,52). The lowest BCUT2D eigenvalue weighted by atomic mass is 9.72. The number of hydrazine groups is 1. The number of aliphatic hydroxyl groups excluding tert-OH is 1. The van der Waals surface area contributed by atoms with Crippen molar-refractivity contribution in [3.05, 3.63) is 82.5 Å². The number of anilines is 1. The minimum Gasteiger partial charge on any atom is -0.509 e. The van der Waals surface area contributed by atoms with Crippen molar-refractivity contribution in [2.24, 2.45) is 0 Å². The third kappa shape index (κ3) is 7.82. The number of hydrogen-bond acceptors (Lipinski definition) is 9. The number of nitrogens with zero attached hydrogens (tertiary/aromatic N) is 5. The number of likely N-dealkylation sites (tertiary alicyclic amines) is 1. The summed E-state index contributed by atoms with van der Waals surface area (Å²) in [4.78, 5) is 36.8. The molecule has 2 amide bonds. The lowest BCUT2D eigenvalue weighted by Crippen LogP contribution is -2.65. The van der Waals surface area contributed by atoms with Crippen molar-refractivity contribution in [3.8, 4) is 17.0 Å². The second-order valence-corrected chi connectivity index (χ2v) is 13.5. The van der Waals surface area contributed by atoms with Gasteiger partial charge < -0.3 is 19.9 Å². The number of alkyl halides is 6. The van der Waals surface area contributed by atoms with Gasteiger partial charge in [-0.25, -0.2) is 19.4 Å². The predicted molar refractivity (Wildman–Crippen MR) is 179 cm³/mol. The third-order valence-electron chi connectivity index (χ3n) is 10.3. The lowest BCUT2D eigenvalue weighted by molar-refractivity contribution is -0.172. The Labute approximate surface area is 309 Å². The van der Waals surface area contributed by atoms with E-state index < -0.39 is 87.4 Å². The van der Waals surface area contributed by atoms with E-state index >= 15 is 8.78 Å². The number of aliphatic hydroxyl groups is 1. The molecular formula is C36H36F8N6O5. The van der Waals surface area contributed by atoms with Gasteiger partial charge in [-0.05, 0) is 69.0 Å². The first kappa shape index (κ1) is 39.8. The molecule has 2 aliphatic heterocycles. The van der Waals surface area contributed by atoms with Crippen molar-refractivity contribution in [1.82, 2.24) is 24.9 Å². The van der Waals surface area contributed by atoms with Gasteiger partial charge in [-0.2, -0.15) is 30.7 Å². The molecule has 2 N–H and O–H groups in total. The Bertz CT molecular complexity index is 1990. The molecule has 55 heavy (non-hydrogen) atoms. The maximum Gasteiger partial charge on any atom is 0.433 e. The Morgan fingerprint density at radius 2 is 1.76 bits per heavy atom. The van der Waals surface area contributed by atoms with Gasteiger partial charge in [0.25, 0.3) is 11.8 Å². The monoisotopic (exact) mass is 784 g/mol. The fourth-order valence-electron chi connectivity index (χ4n) is 7.06. The molecular weight excluding hydrogens is 748 g/mol. The Morgan fingerprint density at radius 1 is 1.02 bits per heavy atom. The van der Waals surface area contributed by atoms with E-state index in [9.17, 15) is 41.0 Å². The summed E-state index contributed by atoms with van der Waals surface area (Å²) >= 11 is 0. The highest BCUT2D eigenvalue weighted by Gasteiger charge is 2.55. The summed E-state index contributed by atoms with van der Waals surface area (Å²) in [5.74, 6) is -6.11. The molecule has 3 aromatic rings. The van der Waals surface area contributed by atoms with E-state index in [1.807, 2.05) is 0 Å². The van der Waals surface area contributed by atoms with Crippen molar-refractivity contribution >= 4 is 17.5 Å². The molecule has 1 unspecified atom stereocenters. The van der Waals surface area contributed by atoms with Crippen LogP contribution in [0.1, 0.15) is 48.9 Å². The number of likely N-dealkylation sites (N-methyl/N-ethyl adjacent to an activating group) is 1. The summed E-state index contributed by atoms with van der Waals surface area (Å²) in [6.07, 6.45) is -6.73. The molecule has 19 heteroatoms. The Kier molecular flexibility index (Phi) is 11.1. The van der Waals surface area contributed by atoms with E-state index in [2.05, 4.69) is 20.2 Å². The highest BCUT2D eigenvalue weighted by molar-refractivity contribution is 6.24. The Morgan fingerprint density at radius 3 is 2.42 bits per heavy atom. The Hall–Kier alpha value is -4.88. The van der Waals surface area contributed by atoms with Gasteiger partial charge in [0.2, 0.25) is 5.82 Å². The Balaban J connectivity index is 1.28. The summed E-state index contributed by atoms with van der Waals surface area (Å²) in [6.45, 7) is 1.45. The van der Waals surface area contributed by atoms with E-state index in [0.29, 0.717) is 44.1 Å². The van der Waals surface area contributed by atoms with E-state index in [1.165, 1.54) is 24.2 Å². The molecule has 0 bridgehead atoms. The van der Waals surface area contributed by atoms with Crippen LogP contribution in [0.3, 0.4) is 0 Å². The van der Waals surface area contributed by atoms with Crippen LogP contribution >= 0.6 is 0 Å². The average Bonchev–Trinajstić information content (AvgIpc) is 3.56. The number of hydrogen-bond donors (Lipinski definition) is 2. The number of ether oxygens (including phenoxy) is 2. The molecule has 296 valence electrons. The summed E-state index contributed by atoms with van der Waals surface area (Å²) < 4.78 is 123. The molecule has 0 radical (unpaired) electrons. The van der Waals surface area contributed by atoms with Crippen LogP contribution in [0, 0.1) is 11.6 Å². The molecule has 1 aromatic heterocycles. The molecule has 2 fully saturated rings. The third-order valence-corrected chi connectivity index (χ3v) is 10.3. The topological polar surface area (TPSA) is 120 Å². The van der Waals surface area contributed by atoms with Crippen molar-refractivity contribution < 1.29 is 59.3 Å². The van der Waals surface area contributed by atoms with Crippen LogP contribution in [0.4, 0.5) is 40.8 Å². The lowest BCUT2D eigenvalue weighted by Gasteiger charge is -2.54. The van der Waals surface area contributed by atoms with Crippen LogP contribution in [0.15, 0.2) is 54.1 Å². The van der Waals surface area contributed by atoms with Crippen LogP contribution in [-0.2, 0) is 33.2 Å². The fourth-order valence-corrected chi connectivity index (χ4v) is 7.06. The van der Waals surface area contributed by atoms with Crippen LogP contribution in [0.5, 0.6) is 5.75 Å². The van der Waals surface area contributed by atoms with Gasteiger partial charge in [0.1, 0.15) is 30.0 Å². The molecule has 11 nitrogen and oxygen atoms in total. The van der Waals surface area contributed by atoms with Crippen molar-refractivity contribution in [2.75, 3.05) is 45.8 Å². The second kappa shape index (κ2) is 15.3. The minimum absolute atomic E-state index is 0.0309. The average molecular weight is 785 g/mol. The number of carbonyl (C=O) groups is 2. The number of rotatable bonds is 11. The highest BCUT2D eigenvalue weighted by Crippen LogP contribution is 2.47. The first-order valence-corrected chi connectivity index (χ1v) is 17.2. The highest BCUT2D eigenvalue weighted by atomic mass is 19.4. The maximum absolute atomic E-state index is 15.6. The zero-order valence-electron chi connectivity index (χ0n) is 29.5. The predicted octanol–water partition coefficient (Wildman–Crippen LogP) is 6.51. The first-order valence-electron chi connectivity index (χ1n) is 17.2. The molecule has 3 aliphatic rings. The fraction of sp³-hybridized carbons (Fsp3) is 0.444. The van der Waals surface area contributed by atoms with Crippen molar-refractivity contribution in [3.63, 3.8) is 0 Å². The smallest absolute Gasteiger partial charge is 0.433 e. The van der Waals surface area contributed by atoms with Crippen LogP contribution in [0.25, 0.3) is 11.3 Å². The zero-order valence-corrected chi connectivity index (χ0v) is 29.5. The molecule has 1 spiro atoms. The zero-order chi connectivity index (χ0) is 39.9. The van der Waals surface area contributed by atoms with Gasteiger partial charge in [-0.1, -0.05) is 6.07 Å². The van der Waals surface area contributed by atoms with Crippen molar-refractivity contribution in [1.29, 1.82) is 0 Å². The summed E-state index contributed by atoms with van der Waals surface area (Å²) in [7, 11) is 3.01. The number of benzene rings is 2. The van der Waals surface area contributed by atoms with Crippen molar-refractivity contribution in [2.45, 2.75) is 62.6 Å². The number of methoxy groups -OCH3 is 1. The van der Waals surface area contributed by atoms with Gasteiger partial charge in [0.05, 0.1) is 35.6 Å². The second-order valence-electron chi connectivity index (χ2n) is 13.5. The van der Waals surface area contributed by atoms with E-state index in [4.69, 9.17) is 9.47 Å². The van der Waals surface area contributed by atoms with Gasteiger partial charge >= 0.3 is 12.4 Å². The molecule has 6 rings (SSSR count). The molecule has 1 aliphatic carbocycles. The summed E-state index contributed by atoms with van der Waals surface area (Å²) in [5, 5.41) is 15.9. The normalized spacial score (nSPS) is 19.3. The number of aromatic nitrogens is 2. The van der Waals surface area contributed by atoms with Crippen LogP contribution < -0.4 is 10.1 Å². The van der Waals surface area contributed by atoms with Crippen LogP contribution in [-0.4, -0.2) is 93.8 Å². The number of amides is 2. The van der Waals surface area contributed by atoms with Gasteiger partial charge in [-0.3, -0.25) is 19.5 Å². The SMILES string of the molecule is COCCN1CCCC1COc1ccc(CN2C(=O)C(C(=O)Nc3ccc(C(F)(F)F)cc3-c3cc(C(F)(F)F)ncn3)=C(O)C3(CCC3)N2C)c(F)c1F. The van der Waals surface area contributed by atoms with E-state index in [1.54, 1.807) is 7.11 Å². The van der Waals surface area contributed by atoms with Crippen LogP contribution in [0.2, 0.25) is 0 Å². The summed E-state index contributed by atoms with van der Waals surface area (Å²) in [5.41, 5.74) is -6.93. The van der Waals surface area contributed by atoms with E-state index in [-0.39, 0.29) is 36.8 Å².